The smallest absolute Gasteiger partial charge is 0.336 e. The number of carboxylic acid groups (broad SMARTS) is 1. The van der Waals surface area contributed by atoms with Crippen LogP contribution < -0.4 is 18.9 Å². The molecule has 6 nitrogen and oxygen atoms in total. The van der Waals surface area contributed by atoms with Crippen LogP contribution in [-0.2, 0) is 38.9 Å². The summed E-state index contributed by atoms with van der Waals surface area (Å²) < 4.78 is 26.7. The van der Waals surface area contributed by atoms with E-state index in [4.69, 9.17) is 18.9 Å². The van der Waals surface area contributed by atoms with Crippen LogP contribution in [0.2, 0.25) is 0 Å². The minimum atomic E-state index is -0.997. The lowest BCUT2D eigenvalue weighted by Crippen LogP contribution is -2.12. The standard InChI is InChI=1S/C49H48O6/c1-3-26-52-45-36-18-11-19-37(45)29-39-22-13-23-41(47(39)55-33-35-16-9-6-10-17-35)31-44-43(49(50)51)25-24-42(48(44)53-27-4-2)30-40-21-12-20-38(28-36)46(40)54-32-34-14-7-5-8-15-34/h5-25H,3-4,26-33H2,1-2H3,(H,50,51). The van der Waals surface area contributed by atoms with Crippen molar-refractivity contribution in [1.82, 2.24) is 0 Å². The molecule has 1 aliphatic carbocycles. The van der Waals surface area contributed by atoms with Gasteiger partial charge in [-0.2, -0.15) is 0 Å². The third-order valence-electron chi connectivity index (χ3n) is 9.97. The first-order chi connectivity index (χ1) is 27.0. The molecule has 0 amide bonds. The molecule has 55 heavy (non-hydrogen) atoms. The average molecular weight is 733 g/mol. The molecular weight excluding hydrogens is 685 g/mol. The Morgan fingerprint density at radius 2 is 0.836 bits per heavy atom. The second-order valence-electron chi connectivity index (χ2n) is 14.1. The molecule has 0 radical (unpaired) electrons. The Balaban J connectivity index is 1.44. The predicted octanol–water partition coefficient (Wildman–Crippen LogP) is 10.8. The zero-order valence-corrected chi connectivity index (χ0v) is 31.7. The van der Waals surface area contributed by atoms with Crippen LogP contribution in [0.5, 0.6) is 23.0 Å². The van der Waals surface area contributed by atoms with Crippen LogP contribution in [0.15, 0.2) is 127 Å². The predicted molar refractivity (Wildman–Crippen MR) is 217 cm³/mol. The van der Waals surface area contributed by atoms with Crippen LogP contribution in [0.3, 0.4) is 0 Å². The van der Waals surface area contributed by atoms with E-state index in [2.05, 4.69) is 80.6 Å². The van der Waals surface area contributed by atoms with E-state index in [9.17, 15) is 9.90 Å². The molecule has 6 heteroatoms. The van der Waals surface area contributed by atoms with E-state index in [0.717, 1.165) is 80.2 Å². The maximum Gasteiger partial charge on any atom is 0.336 e. The van der Waals surface area contributed by atoms with Crippen molar-refractivity contribution in [3.05, 3.63) is 189 Å². The van der Waals surface area contributed by atoms with Crippen molar-refractivity contribution in [3.63, 3.8) is 0 Å². The van der Waals surface area contributed by atoms with E-state index in [1.54, 1.807) is 6.07 Å². The molecule has 0 unspecified atom stereocenters. The summed E-state index contributed by atoms with van der Waals surface area (Å²) in [5, 5.41) is 10.6. The molecule has 0 fully saturated rings. The SMILES string of the molecule is CCCOc1c2cccc1Cc1cccc(c1OCc1ccccc1)Cc1c(C(=O)O)ccc(c1OCCC)Cc1cccc(c1OCc1ccccc1)C2. The minimum Gasteiger partial charge on any atom is -0.493 e. The van der Waals surface area contributed by atoms with Gasteiger partial charge >= 0.3 is 5.97 Å². The molecule has 1 aliphatic rings. The number of aromatic carboxylic acids is 1. The Labute approximate surface area is 324 Å². The second-order valence-corrected chi connectivity index (χ2v) is 14.1. The monoisotopic (exact) mass is 732 g/mol. The summed E-state index contributed by atoms with van der Waals surface area (Å²) in [7, 11) is 0. The quantitative estimate of drug-likeness (QED) is 0.127. The number of hydrogen-bond acceptors (Lipinski definition) is 5. The summed E-state index contributed by atoms with van der Waals surface area (Å²) in [5.41, 5.74) is 9.95. The fraction of sp³-hybridized carbons (Fsp3) is 0.245. The van der Waals surface area contributed by atoms with E-state index in [-0.39, 0.29) is 5.56 Å². The van der Waals surface area contributed by atoms with Gasteiger partial charge in [-0.1, -0.05) is 135 Å². The molecule has 0 aromatic heterocycles. The van der Waals surface area contributed by atoms with Gasteiger partial charge in [0.1, 0.15) is 36.2 Å². The molecular formula is C49H48O6. The largest absolute Gasteiger partial charge is 0.493 e. The normalized spacial score (nSPS) is 12.1. The van der Waals surface area contributed by atoms with Crippen molar-refractivity contribution >= 4 is 5.97 Å². The highest BCUT2D eigenvalue weighted by atomic mass is 16.5. The van der Waals surface area contributed by atoms with Gasteiger partial charge in [-0.25, -0.2) is 4.79 Å². The zero-order chi connectivity index (χ0) is 38.0. The van der Waals surface area contributed by atoms with Crippen molar-refractivity contribution in [2.75, 3.05) is 13.2 Å². The number of ether oxygens (including phenoxy) is 4. The molecule has 1 N–H and O–H groups in total. The van der Waals surface area contributed by atoms with Gasteiger partial charge in [0.05, 0.1) is 18.8 Å². The summed E-state index contributed by atoms with van der Waals surface area (Å²) in [4.78, 5) is 12.9. The van der Waals surface area contributed by atoms with Crippen LogP contribution in [0.1, 0.15) is 92.7 Å². The van der Waals surface area contributed by atoms with E-state index < -0.39 is 5.97 Å². The van der Waals surface area contributed by atoms with Crippen LogP contribution in [-0.4, -0.2) is 24.3 Å². The van der Waals surface area contributed by atoms with E-state index in [1.165, 1.54) is 0 Å². The van der Waals surface area contributed by atoms with Crippen LogP contribution in [0, 0.1) is 0 Å². The molecule has 6 aromatic carbocycles. The molecule has 7 rings (SSSR count). The molecule has 0 heterocycles. The number of hydrogen-bond donors (Lipinski definition) is 1. The number of carbonyl (C=O) groups is 1. The lowest BCUT2D eigenvalue weighted by atomic mass is 9.89. The van der Waals surface area contributed by atoms with Crippen LogP contribution in [0.4, 0.5) is 0 Å². The van der Waals surface area contributed by atoms with Gasteiger partial charge in [-0.05, 0) is 69.0 Å². The van der Waals surface area contributed by atoms with Gasteiger partial charge in [-0.15, -0.1) is 0 Å². The van der Waals surface area contributed by atoms with Gasteiger partial charge < -0.3 is 24.1 Å². The number of rotatable bonds is 13. The first kappa shape index (κ1) is 37.3. The summed E-state index contributed by atoms with van der Waals surface area (Å²) >= 11 is 0. The maximum absolute atomic E-state index is 12.9. The summed E-state index contributed by atoms with van der Waals surface area (Å²) in [5.74, 6) is 2.05. The summed E-state index contributed by atoms with van der Waals surface area (Å²) in [6, 6.07) is 42.8. The van der Waals surface area contributed by atoms with Gasteiger partial charge in [-0.3, -0.25) is 0 Å². The Hall–Kier alpha value is -6.01. The molecule has 8 bridgehead atoms. The Bertz CT molecular complexity index is 2230. The average Bonchev–Trinajstić information content (AvgIpc) is 3.20. The van der Waals surface area contributed by atoms with E-state index >= 15 is 0 Å². The van der Waals surface area contributed by atoms with Crippen molar-refractivity contribution in [3.8, 4) is 23.0 Å². The molecule has 0 saturated carbocycles. The molecule has 6 aromatic rings. The molecule has 0 saturated heterocycles. The van der Waals surface area contributed by atoms with Crippen LogP contribution in [0.25, 0.3) is 0 Å². The molecule has 280 valence electrons. The van der Waals surface area contributed by atoms with Crippen molar-refractivity contribution in [1.29, 1.82) is 0 Å². The van der Waals surface area contributed by atoms with E-state index in [1.807, 2.05) is 54.6 Å². The minimum absolute atomic E-state index is 0.215. The Morgan fingerprint density at radius 1 is 0.455 bits per heavy atom. The highest BCUT2D eigenvalue weighted by molar-refractivity contribution is 5.91. The van der Waals surface area contributed by atoms with Crippen molar-refractivity contribution in [2.45, 2.75) is 65.6 Å². The van der Waals surface area contributed by atoms with Gasteiger partial charge in [0, 0.05) is 31.2 Å². The summed E-state index contributed by atoms with van der Waals surface area (Å²) in [6.07, 6.45) is 3.61. The Morgan fingerprint density at radius 3 is 1.25 bits per heavy atom. The third kappa shape index (κ3) is 8.87. The van der Waals surface area contributed by atoms with Gasteiger partial charge in [0.2, 0.25) is 0 Å². The molecule has 0 atom stereocenters. The maximum atomic E-state index is 12.9. The molecule has 0 aliphatic heterocycles. The zero-order valence-electron chi connectivity index (χ0n) is 31.7. The van der Waals surface area contributed by atoms with Crippen molar-refractivity contribution < 1.29 is 28.8 Å². The first-order valence-electron chi connectivity index (χ1n) is 19.3. The van der Waals surface area contributed by atoms with E-state index in [0.29, 0.717) is 63.4 Å². The van der Waals surface area contributed by atoms with Gasteiger partial charge in [0.15, 0.2) is 0 Å². The van der Waals surface area contributed by atoms with Crippen molar-refractivity contribution in [2.24, 2.45) is 0 Å². The number of fused-ring (bicyclic) bond motifs is 8. The fourth-order valence-electron chi connectivity index (χ4n) is 7.35. The highest BCUT2D eigenvalue weighted by Gasteiger charge is 2.25. The first-order valence-corrected chi connectivity index (χ1v) is 19.3. The topological polar surface area (TPSA) is 74.2 Å². The number of carboxylic acids is 1. The number of benzene rings is 6. The highest BCUT2D eigenvalue weighted by Crippen LogP contribution is 2.40. The Kier molecular flexibility index (Phi) is 12.1. The van der Waals surface area contributed by atoms with Crippen LogP contribution >= 0.6 is 0 Å². The van der Waals surface area contributed by atoms with Gasteiger partial charge in [0.25, 0.3) is 0 Å². The second kappa shape index (κ2) is 17.9. The lowest BCUT2D eigenvalue weighted by Gasteiger charge is -2.23. The number of para-hydroxylation sites is 3. The summed E-state index contributed by atoms with van der Waals surface area (Å²) in [6.45, 7) is 6.00. The lowest BCUT2D eigenvalue weighted by molar-refractivity contribution is 0.0695. The fourth-order valence-corrected chi connectivity index (χ4v) is 7.35. The third-order valence-corrected chi connectivity index (χ3v) is 9.97. The molecule has 0 spiro atoms.